The summed E-state index contributed by atoms with van der Waals surface area (Å²) >= 11 is 9.46. The van der Waals surface area contributed by atoms with Crippen LogP contribution in [-0.4, -0.2) is 18.2 Å². The average molecular weight is 371 g/mol. The van der Waals surface area contributed by atoms with Crippen molar-refractivity contribution in [1.82, 2.24) is 4.98 Å². The molecule has 0 fully saturated rings. The summed E-state index contributed by atoms with van der Waals surface area (Å²) in [4.78, 5) is 4.16. The largest absolute Gasteiger partial charge is 0.481 e. The predicted molar refractivity (Wildman–Crippen MR) is 87.9 cm³/mol. The zero-order chi connectivity index (χ0) is 15.2. The Bertz CT molecular complexity index is 589. The number of hydrogen-bond acceptors (Lipinski definition) is 3. The van der Waals surface area contributed by atoms with Gasteiger partial charge in [-0.3, -0.25) is 0 Å². The summed E-state index contributed by atoms with van der Waals surface area (Å²) in [7, 11) is 1.60. The lowest BCUT2D eigenvalue weighted by Gasteiger charge is -2.14. The number of rotatable bonds is 6. The fraction of sp³-hybridized carbons (Fsp3) is 0.312. The first-order valence-electron chi connectivity index (χ1n) is 6.63. The third kappa shape index (κ3) is 4.99. The van der Waals surface area contributed by atoms with Crippen molar-refractivity contribution in [2.45, 2.75) is 26.1 Å². The maximum absolute atomic E-state index is 5.94. The summed E-state index contributed by atoms with van der Waals surface area (Å²) in [6.07, 6.45) is 2.69. The summed E-state index contributed by atoms with van der Waals surface area (Å²) in [5.74, 6) is 0.608. The van der Waals surface area contributed by atoms with E-state index < -0.39 is 0 Å². The molecule has 0 saturated carbocycles. The second-order valence-electron chi connectivity index (χ2n) is 4.77. The van der Waals surface area contributed by atoms with Crippen molar-refractivity contribution in [3.8, 4) is 5.88 Å². The van der Waals surface area contributed by atoms with Gasteiger partial charge in [-0.15, -0.1) is 0 Å². The van der Waals surface area contributed by atoms with E-state index in [2.05, 4.69) is 27.8 Å². The number of pyridine rings is 1. The molecule has 112 valence electrons. The van der Waals surface area contributed by atoms with Crippen LogP contribution in [0.2, 0.25) is 5.02 Å². The van der Waals surface area contributed by atoms with Crippen molar-refractivity contribution in [3.63, 3.8) is 0 Å². The van der Waals surface area contributed by atoms with E-state index in [9.17, 15) is 0 Å². The number of benzene rings is 1. The van der Waals surface area contributed by atoms with Gasteiger partial charge in [0.1, 0.15) is 0 Å². The number of halogens is 2. The predicted octanol–water partition coefficient (Wildman–Crippen LogP) is 4.65. The lowest BCUT2D eigenvalue weighted by atomic mass is 10.1. The third-order valence-corrected chi connectivity index (χ3v) is 4.04. The van der Waals surface area contributed by atoms with Crippen LogP contribution < -0.4 is 4.74 Å². The van der Waals surface area contributed by atoms with Gasteiger partial charge in [-0.05, 0) is 42.7 Å². The van der Waals surface area contributed by atoms with Crippen LogP contribution in [0.1, 0.15) is 18.1 Å². The first-order valence-corrected chi connectivity index (χ1v) is 7.80. The molecule has 21 heavy (non-hydrogen) atoms. The van der Waals surface area contributed by atoms with Crippen molar-refractivity contribution >= 4 is 27.5 Å². The van der Waals surface area contributed by atoms with E-state index in [1.807, 2.05) is 30.3 Å². The van der Waals surface area contributed by atoms with Gasteiger partial charge in [-0.25, -0.2) is 4.98 Å². The maximum Gasteiger partial charge on any atom is 0.212 e. The second kappa shape index (κ2) is 7.78. The SMILES string of the molecule is COc1ccc(COC(C)Cc2ccc(Cl)cc2Br)cn1. The van der Waals surface area contributed by atoms with Crippen LogP contribution >= 0.6 is 27.5 Å². The summed E-state index contributed by atoms with van der Waals surface area (Å²) in [6.45, 7) is 2.58. The molecule has 0 aliphatic rings. The van der Waals surface area contributed by atoms with Crippen LogP contribution in [0.5, 0.6) is 5.88 Å². The highest BCUT2D eigenvalue weighted by Crippen LogP contribution is 2.23. The lowest BCUT2D eigenvalue weighted by molar-refractivity contribution is 0.0532. The molecule has 1 aromatic carbocycles. The Balaban J connectivity index is 1.87. The highest BCUT2D eigenvalue weighted by molar-refractivity contribution is 9.10. The minimum Gasteiger partial charge on any atom is -0.481 e. The van der Waals surface area contributed by atoms with Crippen LogP contribution in [-0.2, 0) is 17.8 Å². The molecule has 0 spiro atoms. The molecule has 3 nitrogen and oxygen atoms in total. The molecule has 0 bridgehead atoms. The highest BCUT2D eigenvalue weighted by Gasteiger charge is 2.08. The Morgan fingerprint density at radius 1 is 1.29 bits per heavy atom. The van der Waals surface area contributed by atoms with E-state index in [0.717, 1.165) is 21.5 Å². The van der Waals surface area contributed by atoms with Crippen molar-refractivity contribution in [2.75, 3.05) is 7.11 Å². The van der Waals surface area contributed by atoms with Gasteiger partial charge >= 0.3 is 0 Å². The molecule has 2 aromatic rings. The summed E-state index contributed by atoms with van der Waals surface area (Å²) < 4.78 is 11.9. The molecule has 0 aliphatic heterocycles. The van der Waals surface area contributed by atoms with Gasteiger partial charge in [0.2, 0.25) is 5.88 Å². The van der Waals surface area contributed by atoms with E-state index in [1.54, 1.807) is 13.3 Å². The van der Waals surface area contributed by atoms with Crippen molar-refractivity contribution in [1.29, 1.82) is 0 Å². The van der Waals surface area contributed by atoms with Crippen molar-refractivity contribution in [3.05, 3.63) is 57.2 Å². The number of ether oxygens (including phenoxy) is 2. The van der Waals surface area contributed by atoms with Crippen LogP contribution in [0.25, 0.3) is 0 Å². The Hall–Kier alpha value is -1.10. The molecule has 1 heterocycles. The van der Waals surface area contributed by atoms with Gasteiger partial charge in [0.25, 0.3) is 0 Å². The number of methoxy groups -OCH3 is 1. The molecule has 2 rings (SSSR count). The molecule has 1 unspecified atom stereocenters. The number of nitrogens with zero attached hydrogens (tertiary/aromatic N) is 1. The number of hydrogen-bond donors (Lipinski definition) is 0. The van der Waals surface area contributed by atoms with Crippen LogP contribution in [0, 0.1) is 0 Å². The first kappa shape index (κ1) is 16.3. The molecule has 0 radical (unpaired) electrons. The van der Waals surface area contributed by atoms with Crippen molar-refractivity contribution < 1.29 is 9.47 Å². The summed E-state index contributed by atoms with van der Waals surface area (Å²) in [6, 6.07) is 9.59. The van der Waals surface area contributed by atoms with Crippen LogP contribution in [0.4, 0.5) is 0 Å². The Morgan fingerprint density at radius 3 is 2.71 bits per heavy atom. The zero-order valence-electron chi connectivity index (χ0n) is 12.0. The highest BCUT2D eigenvalue weighted by atomic mass is 79.9. The maximum atomic E-state index is 5.94. The standard InChI is InChI=1S/C16H17BrClNO2/c1-11(7-13-4-5-14(18)8-15(13)17)21-10-12-3-6-16(20-2)19-9-12/h3-6,8-9,11H,7,10H2,1-2H3. The normalized spacial score (nSPS) is 12.2. The third-order valence-electron chi connectivity index (χ3n) is 3.06. The fourth-order valence-electron chi connectivity index (χ4n) is 1.91. The van der Waals surface area contributed by atoms with Gasteiger partial charge in [0.05, 0.1) is 19.8 Å². The van der Waals surface area contributed by atoms with E-state index in [0.29, 0.717) is 12.5 Å². The molecule has 1 atom stereocenters. The minimum atomic E-state index is 0.101. The smallest absolute Gasteiger partial charge is 0.212 e. The van der Waals surface area contributed by atoms with Gasteiger partial charge in [0.15, 0.2) is 0 Å². The van der Waals surface area contributed by atoms with E-state index in [4.69, 9.17) is 21.1 Å². The lowest BCUT2D eigenvalue weighted by Crippen LogP contribution is -2.12. The Labute approximate surface area is 138 Å². The molecule has 0 aliphatic carbocycles. The van der Waals surface area contributed by atoms with Crippen LogP contribution in [0.15, 0.2) is 41.0 Å². The second-order valence-corrected chi connectivity index (χ2v) is 6.06. The molecule has 0 saturated heterocycles. The summed E-state index contributed by atoms with van der Waals surface area (Å²) in [5.41, 5.74) is 2.21. The monoisotopic (exact) mass is 369 g/mol. The van der Waals surface area contributed by atoms with E-state index in [1.165, 1.54) is 5.56 Å². The van der Waals surface area contributed by atoms with Gasteiger partial charge < -0.3 is 9.47 Å². The van der Waals surface area contributed by atoms with Crippen molar-refractivity contribution in [2.24, 2.45) is 0 Å². The molecular formula is C16H17BrClNO2. The number of aromatic nitrogens is 1. The molecule has 1 aromatic heterocycles. The fourth-order valence-corrected chi connectivity index (χ4v) is 2.76. The van der Waals surface area contributed by atoms with Gasteiger partial charge in [0, 0.05) is 21.8 Å². The molecule has 0 amide bonds. The zero-order valence-corrected chi connectivity index (χ0v) is 14.3. The van der Waals surface area contributed by atoms with Gasteiger partial charge in [-0.2, -0.15) is 0 Å². The van der Waals surface area contributed by atoms with Crippen LogP contribution in [0.3, 0.4) is 0 Å². The summed E-state index contributed by atoms with van der Waals surface area (Å²) in [5, 5.41) is 0.725. The topological polar surface area (TPSA) is 31.4 Å². The molecule has 5 heteroatoms. The Morgan fingerprint density at radius 2 is 2.10 bits per heavy atom. The average Bonchev–Trinajstić information content (AvgIpc) is 2.48. The molecule has 0 N–H and O–H groups in total. The van der Waals surface area contributed by atoms with E-state index >= 15 is 0 Å². The Kier molecular flexibility index (Phi) is 6.03. The molecular weight excluding hydrogens is 354 g/mol. The van der Waals surface area contributed by atoms with E-state index in [-0.39, 0.29) is 6.10 Å². The first-order chi connectivity index (χ1) is 10.1. The quantitative estimate of drug-likeness (QED) is 0.741. The van der Waals surface area contributed by atoms with Gasteiger partial charge in [-0.1, -0.05) is 33.6 Å². The minimum absolute atomic E-state index is 0.101.